The van der Waals surface area contributed by atoms with E-state index < -0.39 is 5.56 Å². The summed E-state index contributed by atoms with van der Waals surface area (Å²) in [6, 6.07) is 23.7. The van der Waals surface area contributed by atoms with Crippen molar-refractivity contribution in [3.8, 4) is 17.1 Å². The molecular weight excluding hydrogens is 404 g/mol. The third-order valence-corrected chi connectivity index (χ3v) is 6.01. The quantitative estimate of drug-likeness (QED) is 0.368. The molecule has 140 valence electrons. The molecule has 0 unspecified atom stereocenters. The molecule has 0 atom stereocenters. The smallest absolute Gasteiger partial charge is 0.271 e. The molecule has 0 N–H and O–H groups in total. The Kier molecular flexibility index (Phi) is 4.27. The second-order valence-electron chi connectivity index (χ2n) is 6.53. The van der Waals surface area contributed by atoms with Crippen molar-refractivity contribution in [2.24, 2.45) is 0 Å². The van der Waals surface area contributed by atoms with E-state index in [1.165, 1.54) is 15.9 Å². The van der Waals surface area contributed by atoms with Crippen LogP contribution >= 0.6 is 22.9 Å². The minimum absolute atomic E-state index is 0.0911. The van der Waals surface area contributed by atoms with Crippen molar-refractivity contribution >= 4 is 43.2 Å². The Balaban J connectivity index is 1.99. The Morgan fingerprint density at radius 1 is 0.862 bits per heavy atom. The molecule has 5 rings (SSSR count). The first-order valence-corrected chi connectivity index (χ1v) is 10.1. The van der Waals surface area contributed by atoms with E-state index in [1.807, 2.05) is 42.5 Å². The summed E-state index contributed by atoms with van der Waals surface area (Å²) in [5.41, 5.74) is 0.637. The number of rotatable bonds is 2. The minimum atomic E-state index is -0.400. The molecule has 3 aromatic carbocycles. The lowest BCUT2D eigenvalue weighted by molar-refractivity contribution is 0.977. The third kappa shape index (κ3) is 2.95. The highest BCUT2D eigenvalue weighted by Crippen LogP contribution is 2.26. The fourth-order valence-electron chi connectivity index (χ4n) is 3.39. The number of aromatic nitrogens is 2. The van der Waals surface area contributed by atoms with Crippen molar-refractivity contribution in [1.82, 2.24) is 9.55 Å². The Labute approximate surface area is 174 Å². The lowest BCUT2D eigenvalue weighted by atomic mass is 10.1. The van der Waals surface area contributed by atoms with Crippen LogP contribution in [0.15, 0.2) is 88.5 Å². The number of hydrogen-bond donors (Lipinski definition) is 0. The number of nitrogens with zero attached hydrogens (tertiary/aromatic N) is 2. The van der Waals surface area contributed by atoms with Gasteiger partial charge in [0.25, 0.3) is 5.56 Å². The molecule has 2 heterocycles. The summed E-state index contributed by atoms with van der Waals surface area (Å²) in [7, 11) is 0. The van der Waals surface area contributed by atoms with Crippen LogP contribution in [0.1, 0.15) is 0 Å². The lowest BCUT2D eigenvalue weighted by Gasteiger charge is -2.14. The van der Waals surface area contributed by atoms with E-state index in [4.69, 9.17) is 16.6 Å². The maximum Gasteiger partial charge on any atom is 0.271 e. The molecule has 2 aromatic heterocycles. The van der Waals surface area contributed by atoms with Crippen LogP contribution in [0.3, 0.4) is 0 Å². The monoisotopic (exact) mass is 416 g/mol. The van der Waals surface area contributed by atoms with E-state index in [1.54, 1.807) is 36.4 Å². The summed E-state index contributed by atoms with van der Waals surface area (Å²) in [5, 5.41) is 1.11. The van der Waals surface area contributed by atoms with Crippen molar-refractivity contribution in [2.45, 2.75) is 0 Å². The van der Waals surface area contributed by atoms with Crippen LogP contribution in [0, 0.1) is 0 Å². The zero-order valence-electron chi connectivity index (χ0n) is 15.0. The summed E-state index contributed by atoms with van der Waals surface area (Å²) in [6.07, 6.45) is 0. The van der Waals surface area contributed by atoms with Gasteiger partial charge < -0.3 is 0 Å². The maximum absolute atomic E-state index is 13.6. The molecule has 0 fully saturated rings. The van der Waals surface area contributed by atoms with Crippen molar-refractivity contribution in [3.05, 3.63) is 104 Å². The van der Waals surface area contributed by atoms with Gasteiger partial charge in [0.15, 0.2) is 0 Å². The Morgan fingerprint density at radius 2 is 1.62 bits per heavy atom. The molecule has 0 aliphatic heterocycles. The van der Waals surface area contributed by atoms with E-state index in [0.29, 0.717) is 26.8 Å². The van der Waals surface area contributed by atoms with Gasteiger partial charge in [-0.25, -0.2) is 4.98 Å². The van der Waals surface area contributed by atoms with Gasteiger partial charge in [-0.3, -0.25) is 14.2 Å². The first-order valence-electron chi connectivity index (χ1n) is 8.93. The molecule has 6 heteroatoms. The van der Waals surface area contributed by atoms with E-state index in [0.717, 1.165) is 10.3 Å². The minimum Gasteiger partial charge on any atom is -0.288 e. The van der Waals surface area contributed by atoms with Crippen LogP contribution < -0.4 is 11.0 Å². The van der Waals surface area contributed by atoms with Gasteiger partial charge in [0.05, 0.1) is 5.69 Å². The Bertz CT molecular complexity index is 1510. The highest BCUT2D eigenvalue weighted by Gasteiger charge is 2.18. The molecule has 0 amide bonds. The van der Waals surface area contributed by atoms with E-state index in [2.05, 4.69) is 0 Å². The fraction of sp³-hybridized carbons (Fsp3) is 0. The maximum atomic E-state index is 13.6. The predicted molar refractivity (Wildman–Crippen MR) is 119 cm³/mol. The normalized spacial score (nSPS) is 11.2. The predicted octanol–water partition coefficient (Wildman–Crippen LogP) is 5.28. The second-order valence-corrected chi connectivity index (χ2v) is 8.00. The number of hydrogen-bond acceptors (Lipinski definition) is 4. The molecular formula is C23H13ClN2O2S. The molecule has 0 aliphatic carbocycles. The zero-order valence-corrected chi connectivity index (χ0v) is 16.6. The standard InChI is InChI=1S/C23H13ClN2O2S/c24-15-9-6-10-16(13-15)26-21(14-7-2-1-3-8-14)25-22-19(23(26)28)20(27)17-11-4-5-12-18(17)29-22/h1-13H. The van der Waals surface area contributed by atoms with Crippen molar-refractivity contribution in [2.75, 3.05) is 0 Å². The largest absolute Gasteiger partial charge is 0.288 e. The average Bonchev–Trinajstić information content (AvgIpc) is 2.74. The third-order valence-electron chi connectivity index (χ3n) is 4.71. The van der Waals surface area contributed by atoms with Crippen molar-refractivity contribution < 1.29 is 0 Å². The van der Waals surface area contributed by atoms with Crippen LogP contribution in [0.2, 0.25) is 5.02 Å². The van der Waals surface area contributed by atoms with Crippen LogP contribution in [0.25, 0.3) is 37.4 Å². The lowest BCUT2D eigenvalue weighted by Crippen LogP contribution is -2.26. The summed E-state index contributed by atoms with van der Waals surface area (Å²) in [6.45, 7) is 0. The van der Waals surface area contributed by atoms with Gasteiger partial charge in [-0.15, -0.1) is 11.3 Å². The van der Waals surface area contributed by atoms with Crippen LogP contribution in [-0.2, 0) is 0 Å². The summed E-state index contributed by atoms with van der Waals surface area (Å²) < 4.78 is 2.27. The van der Waals surface area contributed by atoms with Crippen LogP contribution in [0.5, 0.6) is 0 Å². The highest BCUT2D eigenvalue weighted by atomic mass is 35.5. The summed E-state index contributed by atoms with van der Waals surface area (Å²) >= 11 is 7.52. The number of benzene rings is 3. The van der Waals surface area contributed by atoms with Gasteiger partial charge in [-0.1, -0.05) is 60.1 Å². The molecule has 0 radical (unpaired) electrons. The molecule has 0 spiro atoms. The van der Waals surface area contributed by atoms with E-state index in [9.17, 15) is 9.59 Å². The van der Waals surface area contributed by atoms with Gasteiger partial charge in [0.2, 0.25) is 5.43 Å². The van der Waals surface area contributed by atoms with E-state index in [-0.39, 0.29) is 10.8 Å². The van der Waals surface area contributed by atoms with E-state index >= 15 is 0 Å². The zero-order chi connectivity index (χ0) is 20.0. The molecule has 0 saturated heterocycles. The van der Waals surface area contributed by atoms with Crippen molar-refractivity contribution in [3.63, 3.8) is 0 Å². The molecule has 4 nitrogen and oxygen atoms in total. The number of fused-ring (bicyclic) bond motifs is 2. The van der Waals surface area contributed by atoms with Crippen molar-refractivity contribution in [1.29, 1.82) is 0 Å². The molecule has 5 aromatic rings. The molecule has 0 aliphatic rings. The fourth-order valence-corrected chi connectivity index (χ4v) is 4.61. The van der Waals surface area contributed by atoms with Crippen LogP contribution in [0.4, 0.5) is 0 Å². The first kappa shape index (κ1) is 17.8. The molecule has 0 bridgehead atoms. The second kappa shape index (κ2) is 6.95. The molecule has 29 heavy (non-hydrogen) atoms. The number of halogens is 1. The highest BCUT2D eigenvalue weighted by molar-refractivity contribution is 7.24. The van der Waals surface area contributed by atoms with Gasteiger partial charge in [0, 0.05) is 20.7 Å². The van der Waals surface area contributed by atoms with Gasteiger partial charge in [-0.05, 0) is 30.3 Å². The van der Waals surface area contributed by atoms with Gasteiger partial charge in [0.1, 0.15) is 16.0 Å². The molecule has 0 saturated carbocycles. The topological polar surface area (TPSA) is 52.0 Å². The Morgan fingerprint density at radius 3 is 2.41 bits per heavy atom. The summed E-state index contributed by atoms with van der Waals surface area (Å²) in [4.78, 5) is 31.9. The van der Waals surface area contributed by atoms with Gasteiger partial charge in [-0.2, -0.15) is 0 Å². The average molecular weight is 417 g/mol. The first-order chi connectivity index (χ1) is 14.1. The van der Waals surface area contributed by atoms with Gasteiger partial charge >= 0.3 is 0 Å². The van der Waals surface area contributed by atoms with Crippen LogP contribution in [-0.4, -0.2) is 9.55 Å². The SMILES string of the molecule is O=c1c2ccccc2sc2nc(-c3ccccc3)n(-c3cccc(Cl)c3)c(=O)c12. The summed E-state index contributed by atoms with van der Waals surface area (Å²) in [5.74, 6) is 0.469. The Hall–Kier alpha value is -3.28.